The van der Waals surface area contributed by atoms with Crippen molar-refractivity contribution in [3.8, 4) is 0 Å². The zero-order valence-corrected chi connectivity index (χ0v) is 11.7. The van der Waals surface area contributed by atoms with Gasteiger partial charge >= 0.3 is 0 Å². The third-order valence-corrected chi connectivity index (χ3v) is 3.45. The Balaban J connectivity index is 2.32. The fourth-order valence-corrected chi connectivity index (χ4v) is 2.33. The van der Waals surface area contributed by atoms with Gasteiger partial charge in [-0.05, 0) is 24.8 Å². The van der Waals surface area contributed by atoms with E-state index < -0.39 is 34.4 Å². The van der Waals surface area contributed by atoms with Gasteiger partial charge in [0.15, 0.2) is 23.3 Å². The van der Waals surface area contributed by atoms with Crippen LogP contribution < -0.4 is 0 Å². The minimum atomic E-state index is -1.27. The smallest absolute Gasteiger partial charge is 0.165 e. The maximum absolute atomic E-state index is 13.9. The van der Waals surface area contributed by atoms with Crippen LogP contribution in [0.2, 0.25) is 0 Å². The highest BCUT2D eigenvalue weighted by Gasteiger charge is 2.24. The number of rotatable bonds is 5. The van der Waals surface area contributed by atoms with Crippen LogP contribution in [0.3, 0.4) is 0 Å². The third-order valence-electron chi connectivity index (χ3n) is 3.45. The highest BCUT2D eigenvalue weighted by Crippen LogP contribution is 2.26. The molecule has 0 amide bonds. The van der Waals surface area contributed by atoms with Crippen LogP contribution in [0.5, 0.6) is 0 Å². The van der Waals surface area contributed by atoms with E-state index in [-0.39, 0.29) is 12.8 Å². The van der Waals surface area contributed by atoms with Crippen LogP contribution in [0, 0.1) is 23.3 Å². The molecule has 0 bridgehead atoms. The van der Waals surface area contributed by atoms with Crippen molar-refractivity contribution < 1.29 is 17.6 Å². The van der Waals surface area contributed by atoms with E-state index in [0.29, 0.717) is 12.8 Å². The average molecular weight is 296 g/mol. The fraction of sp³-hybridized carbons (Fsp3) is 0.294. The Bertz CT molecular complexity index is 591. The third kappa shape index (κ3) is 3.26. The van der Waals surface area contributed by atoms with E-state index in [1.807, 2.05) is 6.07 Å². The van der Waals surface area contributed by atoms with Crippen molar-refractivity contribution in [2.75, 3.05) is 0 Å². The summed E-state index contributed by atoms with van der Waals surface area (Å²) in [6, 6.07) is 9.02. The van der Waals surface area contributed by atoms with Gasteiger partial charge < -0.3 is 0 Å². The Hall–Kier alpha value is -1.84. The highest BCUT2D eigenvalue weighted by atomic mass is 19.2. The van der Waals surface area contributed by atoms with E-state index in [1.54, 1.807) is 31.2 Å². The summed E-state index contributed by atoms with van der Waals surface area (Å²) >= 11 is 0. The maximum atomic E-state index is 13.9. The fourth-order valence-electron chi connectivity index (χ4n) is 2.33. The monoisotopic (exact) mass is 296 g/mol. The lowest BCUT2D eigenvalue weighted by Crippen LogP contribution is -2.09. The molecule has 0 aliphatic rings. The van der Waals surface area contributed by atoms with Gasteiger partial charge in [0.25, 0.3) is 0 Å². The molecule has 0 aliphatic heterocycles. The molecule has 2 aromatic carbocycles. The van der Waals surface area contributed by atoms with Gasteiger partial charge in [0.2, 0.25) is 0 Å². The van der Waals surface area contributed by atoms with E-state index in [1.165, 1.54) is 0 Å². The quantitative estimate of drug-likeness (QED) is 0.539. The molecule has 0 spiro atoms. The molecule has 0 atom stereocenters. The molecule has 2 aromatic rings. The second-order valence-corrected chi connectivity index (χ2v) is 4.95. The highest BCUT2D eigenvalue weighted by molar-refractivity contribution is 5.31. The first-order valence-corrected chi connectivity index (χ1v) is 6.93. The van der Waals surface area contributed by atoms with Crippen molar-refractivity contribution >= 4 is 0 Å². The molecule has 0 aromatic heterocycles. The van der Waals surface area contributed by atoms with E-state index in [9.17, 15) is 17.6 Å². The van der Waals surface area contributed by atoms with Gasteiger partial charge in [-0.15, -0.1) is 0 Å². The van der Waals surface area contributed by atoms with Gasteiger partial charge in [-0.2, -0.15) is 0 Å². The van der Waals surface area contributed by atoms with Crippen molar-refractivity contribution in [3.05, 3.63) is 70.3 Å². The van der Waals surface area contributed by atoms with Crippen LogP contribution in [0.25, 0.3) is 0 Å². The molecule has 0 N–H and O–H groups in total. The Kier molecular flexibility index (Phi) is 4.99. The van der Waals surface area contributed by atoms with Crippen molar-refractivity contribution in [1.82, 2.24) is 0 Å². The molecule has 0 heterocycles. The van der Waals surface area contributed by atoms with Gasteiger partial charge in [-0.3, -0.25) is 0 Å². The minimum Gasteiger partial charge on any atom is -0.203 e. The van der Waals surface area contributed by atoms with E-state index in [0.717, 1.165) is 5.56 Å². The molecule has 0 unspecified atom stereocenters. The van der Waals surface area contributed by atoms with Gasteiger partial charge in [-0.1, -0.05) is 43.7 Å². The van der Waals surface area contributed by atoms with Gasteiger partial charge in [0.1, 0.15) is 0 Å². The SMILES string of the molecule is CCCc1c(F)c(F)c(CCc2ccccc2)c(F)c1F. The summed E-state index contributed by atoms with van der Waals surface area (Å²) < 4.78 is 55.6. The van der Waals surface area contributed by atoms with Crippen LogP contribution in [0.1, 0.15) is 30.0 Å². The zero-order valence-electron chi connectivity index (χ0n) is 11.7. The molecule has 0 saturated heterocycles. The largest absolute Gasteiger partial charge is 0.203 e. The summed E-state index contributed by atoms with van der Waals surface area (Å²) in [4.78, 5) is 0. The van der Waals surface area contributed by atoms with Crippen molar-refractivity contribution in [2.45, 2.75) is 32.6 Å². The molecule has 112 valence electrons. The first-order valence-electron chi connectivity index (χ1n) is 6.93. The van der Waals surface area contributed by atoms with Crippen LogP contribution in [0.15, 0.2) is 30.3 Å². The molecule has 0 radical (unpaired) electrons. The molecule has 0 aliphatic carbocycles. The number of halogens is 4. The second-order valence-electron chi connectivity index (χ2n) is 4.95. The minimum absolute atomic E-state index is 0.0233. The van der Waals surface area contributed by atoms with Gasteiger partial charge in [0, 0.05) is 11.1 Å². The number of hydrogen-bond donors (Lipinski definition) is 0. The Morgan fingerprint density at radius 2 is 1.14 bits per heavy atom. The number of aryl methyl sites for hydroxylation is 1. The standard InChI is InChI=1S/C17H16F4/c1-2-6-12-14(18)16(20)13(17(21)15(12)19)10-9-11-7-4-3-5-8-11/h3-5,7-8H,2,6,9-10H2,1H3. The maximum Gasteiger partial charge on any atom is 0.165 e. The van der Waals surface area contributed by atoms with Crippen LogP contribution >= 0.6 is 0 Å². The van der Waals surface area contributed by atoms with Crippen LogP contribution in [-0.4, -0.2) is 0 Å². The van der Waals surface area contributed by atoms with E-state index in [4.69, 9.17) is 0 Å². The molecule has 0 nitrogen and oxygen atoms in total. The summed E-state index contributed by atoms with van der Waals surface area (Å²) in [6.07, 6.45) is 0.628. The molecular formula is C17H16F4. The van der Waals surface area contributed by atoms with E-state index in [2.05, 4.69) is 0 Å². The Morgan fingerprint density at radius 3 is 1.62 bits per heavy atom. The molecule has 2 rings (SSSR count). The molecule has 0 saturated carbocycles. The second kappa shape index (κ2) is 6.74. The first kappa shape index (κ1) is 15.5. The summed E-state index contributed by atoms with van der Waals surface area (Å²) in [6.45, 7) is 1.69. The first-order chi connectivity index (χ1) is 10.1. The van der Waals surface area contributed by atoms with Crippen LogP contribution in [0.4, 0.5) is 17.6 Å². The molecule has 0 fully saturated rings. The molecule has 4 heteroatoms. The van der Waals surface area contributed by atoms with Gasteiger partial charge in [-0.25, -0.2) is 17.6 Å². The lowest BCUT2D eigenvalue weighted by Gasteiger charge is -2.11. The van der Waals surface area contributed by atoms with Gasteiger partial charge in [0.05, 0.1) is 0 Å². The zero-order chi connectivity index (χ0) is 15.4. The average Bonchev–Trinajstić information content (AvgIpc) is 2.51. The Labute approximate surface area is 121 Å². The lowest BCUT2D eigenvalue weighted by molar-refractivity contribution is 0.424. The summed E-state index contributed by atoms with van der Waals surface area (Å²) in [5.41, 5.74) is -0.167. The van der Waals surface area contributed by atoms with Crippen LogP contribution in [-0.2, 0) is 19.3 Å². The van der Waals surface area contributed by atoms with Crippen molar-refractivity contribution in [1.29, 1.82) is 0 Å². The molecular weight excluding hydrogens is 280 g/mol. The number of benzene rings is 2. The normalized spacial score (nSPS) is 10.9. The Morgan fingerprint density at radius 1 is 0.667 bits per heavy atom. The van der Waals surface area contributed by atoms with E-state index >= 15 is 0 Å². The summed E-state index contributed by atoms with van der Waals surface area (Å²) in [5.74, 6) is -5.07. The molecule has 21 heavy (non-hydrogen) atoms. The summed E-state index contributed by atoms with van der Waals surface area (Å²) in [7, 11) is 0. The topological polar surface area (TPSA) is 0 Å². The van der Waals surface area contributed by atoms with Crippen molar-refractivity contribution in [2.24, 2.45) is 0 Å². The predicted molar refractivity (Wildman–Crippen MR) is 74.1 cm³/mol. The number of hydrogen-bond acceptors (Lipinski definition) is 0. The summed E-state index contributed by atoms with van der Waals surface area (Å²) in [5, 5.41) is 0. The lowest BCUT2D eigenvalue weighted by atomic mass is 9.99. The van der Waals surface area contributed by atoms with Crippen molar-refractivity contribution in [3.63, 3.8) is 0 Å². The predicted octanol–water partition coefficient (Wildman–Crippen LogP) is 4.98.